The largest absolute Gasteiger partial charge is 0.494 e. The summed E-state index contributed by atoms with van der Waals surface area (Å²) in [5.41, 5.74) is 0.300. The zero-order valence-corrected chi connectivity index (χ0v) is 13.1. The van der Waals surface area contributed by atoms with E-state index in [0.29, 0.717) is 24.7 Å². The second-order valence-corrected chi connectivity index (χ2v) is 4.99. The highest BCUT2D eigenvalue weighted by Gasteiger charge is 2.46. The second kappa shape index (κ2) is 7.44. The van der Waals surface area contributed by atoms with Crippen LogP contribution in [-0.4, -0.2) is 26.0 Å². The highest BCUT2D eigenvalue weighted by atomic mass is 19.4. The molecule has 0 aliphatic rings. The Kier molecular flexibility index (Phi) is 5.58. The molecule has 0 aromatic heterocycles. The second-order valence-electron chi connectivity index (χ2n) is 4.99. The molecule has 2 nitrogen and oxygen atoms in total. The first-order valence-corrected chi connectivity index (χ1v) is 7.48. The van der Waals surface area contributed by atoms with Crippen LogP contribution in [0, 0.1) is 0 Å². The predicted molar refractivity (Wildman–Crippen MR) is 86.3 cm³/mol. The summed E-state index contributed by atoms with van der Waals surface area (Å²) >= 11 is 0. The van der Waals surface area contributed by atoms with Crippen molar-refractivity contribution in [1.29, 1.82) is 0 Å². The van der Waals surface area contributed by atoms with Gasteiger partial charge < -0.3 is 9.47 Å². The van der Waals surface area contributed by atoms with Crippen molar-refractivity contribution in [3.05, 3.63) is 48.5 Å². The predicted octanol–water partition coefficient (Wildman–Crippen LogP) is 3.19. The lowest BCUT2D eigenvalue weighted by Gasteiger charge is -2.19. The summed E-state index contributed by atoms with van der Waals surface area (Å²) in [5.74, 6) is 0.862. The Balaban J connectivity index is 2.46. The lowest BCUT2D eigenvalue weighted by atomic mass is 9.40. The SMILES string of the molecule is CCOc1cccc(B(c2cccc(OCC)c2)C(F)(F)F)c1. The Morgan fingerprint density at radius 3 is 1.61 bits per heavy atom. The number of rotatable bonds is 6. The van der Waals surface area contributed by atoms with Gasteiger partial charge in [-0.05, 0) is 38.1 Å². The smallest absolute Gasteiger partial charge is 0.356 e. The molecule has 0 saturated heterocycles. The van der Waals surface area contributed by atoms with Crippen LogP contribution in [0.5, 0.6) is 11.5 Å². The first kappa shape index (κ1) is 17.3. The number of hydrogen-bond donors (Lipinski definition) is 0. The van der Waals surface area contributed by atoms with Crippen LogP contribution < -0.4 is 20.4 Å². The van der Waals surface area contributed by atoms with E-state index in [9.17, 15) is 13.2 Å². The molecule has 0 N–H and O–H groups in total. The van der Waals surface area contributed by atoms with Crippen molar-refractivity contribution < 1.29 is 22.6 Å². The van der Waals surface area contributed by atoms with Crippen molar-refractivity contribution >= 4 is 17.6 Å². The summed E-state index contributed by atoms with van der Waals surface area (Å²) in [5, 5.41) is 0. The van der Waals surface area contributed by atoms with Crippen molar-refractivity contribution in [1.82, 2.24) is 0 Å². The van der Waals surface area contributed by atoms with Gasteiger partial charge in [0, 0.05) is 0 Å². The van der Waals surface area contributed by atoms with E-state index in [4.69, 9.17) is 9.47 Å². The van der Waals surface area contributed by atoms with E-state index in [2.05, 4.69) is 0 Å². The Bertz CT molecular complexity index is 594. The molecule has 0 aliphatic heterocycles. The van der Waals surface area contributed by atoms with E-state index >= 15 is 0 Å². The quantitative estimate of drug-likeness (QED) is 0.761. The molecule has 122 valence electrons. The number of alkyl halides is 3. The molecule has 0 amide bonds. The fraction of sp³-hybridized carbons (Fsp3) is 0.294. The number of ether oxygens (including phenoxy) is 2. The molecule has 0 heterocycles. The van der Waals surface area contributed by atoms with Gasteiger partial charge in [-0.1, -0.05) is 35.2 Å². The van der Waals surface area contributed by atoms with Crippen LogP contribution in [0.4, 0.5) is 13.2 Å². The maximum absolute atomic E-state index is 13.6. The fourth-order valence-corrected chi connectivity index (χ4v) is 2.47. The van der Waals surface area contributed by atoms with Gasteiger partial charge in [0.05, 0.1) is 13.2 Å². The van der Waals surface area contributed by atoms with Crippen molar-refractivity contribution in [2.45, 2.75) is 19.9 Å². The highest BCUT2D eigenvalue weighted by molar-refractivity contribution is 6.86. The molecule has 0 fully saturated rings. The Hall–Kier alpha value is -2.11. The first-order valence-electron chi connectivity index (χ1n) is 7.48. The molecule has 0 spiro atoms. The highest BCUT2D eigenvalue weighted by Crippen LogP contribution is 2.22. The van der Waals surface area contributed by atoms with Crippen molar-refractivity contribution in [2.24, 2.45) is 0 Å². The van der Waals surface area contributed by atoms with Crippen LogP contribution in [0.15, 0.2) is 48.5 Å². The van der Waals surface area contributed by atoms with Crippen molar-refractivity contribution in [2.75, 3.05) is 13.2 Å². The molecule has 0 aliphatic carbocycles. The third-order valence-corrected chi connectivity index (χ3v) is 3.33. The molecule has 2 rings (SSSR count). The van der Waals surface area contributed by atoms with Gasteiger partial charge in [-0.15, -0.1) is 0 Å². The molecule has 0 saturated carbocycles. The summed E-state index contributed by atoms with van der Waals surface area (Å²) in [6.45, 7) is 2.67. The molecular weight excluding hydrogens is 304 g/mol. The lowest BCUT2D eigenvalue weighted by Crippen LogP contribution is -2.54. The summed E-state index contributed by atoms with van der Waals surface area (Å²) < 4.78 is 51.6. The van der Waals surface area contributed by atoms with Crippen LogP contribution in [0.2, 0.25) is 0 Å². The normalized spacial score (nSPS) is 11.2. The molecule has 2 aromatic carbocycles. The Morgan fingerprint density at radius 1 is 0.826 bits per heavy atom. The third-order valence-electron chi connectivity index (χ3n) is 3.33. The average Bonchev–Trinajstić information content (AvgIpc) is 2.47. The molecule has 0 atom stereocenters. The van der Waals surface area contributed by atoms with Gasteiger partial charge in [0.1, 0.15) is 11.5 Å². The fourth-order valence-electron chi connectivity index (χ4n) is 2.47. The third kappa shape index (κ3) is 4.44. The Morgan fingerprint density at radius 2 is 1.26 bits per heavy atom. The van der Waals surface area contributed by atoms with Crippen LogP contribution in [0.1, 0.15) is 13.8 Å². The lowest BCUT2D eigenvalue weighted by molar-refractivity contribution is -0.0483. The van der Waals surface area contributed by atoms with Crippen LogP contribution in [0.25, 0.3) is 0 Å². The van der Waals surface area contributed by atoms with Gasteiger partial charge in [0.15, 0.2) is 0 Å². The minimum absolute atomic E-state index is 0.150. The zero-order chi connectivity index (χ0) is 16.9. The molecular formula is C17H18BF3O2. The molecule has 0 bridgehead atoms. The van der Waals surface area contributed by atoms with E-state index in [1.54, 1.807) is 38.1 Å². The van der Waals surface area contributed by atoms with E-state index in [0.717, 1.165) is 0 Å². The van der Waals surface area contributed by atoms with E-state index < -0.39 is 12.8 Å². The topological polar surface area (TPSA) is 18.5 Å². The van der Waals surface area contributed by atoms with Gasteiger partial charge in [0.2, 0.25) is 0 Å². The molecule has 0 radical (unpaired) electrons. The molecule has 6 heteroatoms. The van der Waals surface area contributed by atoms with Crippen LogP contribution >= 0.6 is 0 Å². The van der Waals surface area contributed by atoms with Gasteiger partial charge in [0.25, 0.3) is 0 Å². The Labute approximate surface area is 134 Å². The maximum Gasteiger partial charge on any atom is 0.356 e. The molecule has 23 heavy (non-hydrogen) atoms. The van der Waals surface area contributed by atoms with Crippen LogP contribution in [0.3, 0.4) is 0 Å². The van der Waals surface area contributed by atoms with E-state index in [1.807, 2.05) is 0 Å². The minimum Gasteiger partial charge on any atom is -0.494 e. The first-order chi connectivity index (χ1) is 11.0. The molecule has 0 unspecified atom stereocenters. The van der Waals surface area contributed by atoms with Crippen molar-refractivity contribution in [3.8, 4) is 11.5 Å². The maximum atomic E-state index is 13.6. The van der Waals surface area contributed by atoms with Gasteiger partial charge in [-0.3, -0.25) is 0 Å². The van der Waals surface area contributed by atoms with Gasteiger partial charge in [-0.25, -0.2) is 0 Å². The minimum atomic E-state index is -4.41. The number of hydrogen-bond acceptors (Lipinski definition) is 2. The summed E-state index contributed by atoms with van der Waals surface area (Å²) in [7, 11) is 0. The number of benzene rings is 2. The van der Waals surface area contributed by atoms with Crippen molar-refractivity contribution in [3.63, 3.8) is 0 Å². The van der Waals surface area contributed by atoms with E-state index in [1.165, 1.54) is 24.3 Å². The van der Waals surface area contributed by atoms with Crippen LogP contribution in [-0.2, 0) is 0 Å². The summed E-state index contributed by atoms with van der Waals surface area (Å²) in [6.07, 6.45) is -4.41. The standard InChI is InChI=1S/C17H18BF3O2/c1-3-22-15-9-5-7-13(11-15)18(17(19,20)21)14-8-6-10-16(12-14)23-4-2/h5-12H,3-4H2,1-2H3. The van der Waals surface area contributed by atoms with Gasteiger partial charge in [-0.2, -0.15) is 13.2 Å². The van der Waals surface area contributed by atoms with E-state index in [-0.39, 0.29) is 10.9 Å². The average molecular weight is 322 g/mol. The zero-order valence-electron chi connectivity index (χ0n) is 13.1. The molecule has 2 aromatic rings. The number of halogens is 3. The summed E-state index contributed by atoms with van der Waals surface area (Å²) in [4.78, 5) is 0. The summed E-state index contributed by atoms with van der Waals surface area (Å²) in [6, 6.07) is 12.3. The van der Waals surface area contributed by atoms with Gasteiger partial charge >= 0.3 is 12.8 Å². The monoisotopic (exact) mass is 322 g/mol.